The molecule has 5 atom stereocenters. The summed E-state index contributed by atoms with van der Waals surface area (Å²) in [4.78, 5) is 25.8. The summed E-state index contributed by atoms with van der Waals surface area (Å²) >= 11 is 0. The predicted octanol–water partition coefficient (Wildman–Crippen LogP) is 5.00. The van der Waals surface area contributed by atoms with Crippen LogP contribution in [0.3, 0.4) is 0 Å². The number of ether oxygens (including phenoxy) is 2. The fraction of sp³-hybridized carbons (Fsp3) is 0.667. The number of hydrogen-bond acceptors (Lipinski definition) is 4. The van der Waals surface area contributed by atoms with Gasteiger partial charge in [-0.05, 0) is 68.4 Å². The van der Waals surface area contributed by atoms with Gasteiger partial charge in [0.05, 0.1) is 5.41 Å². The van der Waals surface area contributed by atoms with E-state index in [9.17, 15) is 9.59 Å². The zero-order chi connectivity index (χ0) is 19.5. The molecule has 4 nitrogen and oxygen atoms in total. The van der Waals surface area contributed by atoms with Crippen LogP contribution in [0.15, 0.2) is 34.6 Å². The Hall–Kier alpha value is -1.84. The van der Waals surface area contributed by atoms with Crippen LogP contribution in [0.5, 0.6) is 0 Å². The van der Waals surface area contributed by atoms with Gasteiger partial charge in [0, 0.05) is 17.1 Å². The van der Waals surface area contributed by atoms with Gasteiger partial charge in [-0.25, -0.2) is 9.59 Å². The molecule has 0 N–H and O–H groups in total. The summed E-state index contributed by atoms with van der Waals surface area (Å²) in [6, 6.07) is 0. The maximum atomic E-state index is 13.1. The zero-order valence-corrected chi connectivity index (χ0v) is 17.0. The molecule has 0 aromatic rings. The zero-order valence-electron chi connectivity index (χ0n) is 17.0. The number of fused-ring (bicyclic) bond motifs is 1. The van der Waals surface area contributed by atoms with Crippen LogP contribution in [0, 0.1) is 23.2 Å². The Kier molecular flexibility index (Phi) is 4.29. The van der Waals surface area contributed by atoms with Crippen LogP contribution in [-0.4, -0.2) is 18.0 Å². The third kappa shape index (κ3) is 2.29. The third-order valence-corrected chi connectivity index (χ3v) is 7.80. The van der Waals surface area contributed by atoms with Gasteiger partial charge in [0.1, 0.15) is 11.9 Å². The van der Waals surface area contributed by atoms with Gasteiger partial charge >= 0.3 is 11.9 Å². The second-order valence-electron chi connectivity index (χ2n) is 9.16. The standard InChI is InChI=1S/C24H30O4/c1-3-5-7-18-16-10-9-15-14-11-12-24(21(15)20(16)23(26)27-18)17(13-14)22(25)28-19(24)8-6-4-2/h8,13-15,18,21H,3-7,9-12H2,1-2H3/b19-8-/t14-,15?,18+,21?,24-/m0/s1. The van der Waals surface area contributed by atoms with Crippen molar-refractivity contribution in [2.24, 2.45) is 23.2 Å². The van der Waals surface area contributed by atoms with E-state index in [2.05, 4.69) is 26.0 Å². The molecule has 1 spiro atoms. The first-order valence-corrected chi connectivity index (χ1v) is 11.2. The van der Waals surface area contributed by atoms with E-state index >= 15 is 0 Å². The van der Waals surface area contributed by atoms with E-state index in [0.29, 0.717) is 11.8 Å². The van der Waals surface area contributed by atoms with E-state index in [4.69, 9.17) is 9.47 Å². The quantitative estimate of drug-likeness (QED) is 0.628. The Morgan fingerprint density at radius 2 is 2.04 bits per heavy atom. The first kappa shape index (κ1) is 18.2. The maximum Gasteiger partial charge on any atom is 0.339 e. The molecule has 150 valence electrons. The minimum atomic E-state index is -0.425. The highest BCUT2D eigenvalue weighted by Crippen LogP contribution is 2.68. The molecule has 0 aromatic carbocycles. The van der Waals surface area contributed by atoms with Gasteiger partial charge in [-0.3, -0.25) is 0 Å². The highest BCUT2D eigenvalue weighted by molar-refractivity contribution is 5.99. The smallest absolute Gasteiger partial charge is 0.339 e. The molecule has 0 amide bonds. The average molecular weight is 383 g/mol. The first-order valence-electron chi connectivity index (χ1n) is 11.2. The molecule has 6 aliphatic rings. The molecule has 1 saturated carbocycles. The fourth-order valence-electron chi connectivity index (χ4n) is 6.63. The van der Waals surface area contributed by atoms with E-state index in [1.807, 2.05) is 0 Å². The van der Waals surface area contributed by atoms with E-state index < -0.39 is 5.41 Å². The van der Waals surface area contributed by atoms with Crippen molar-refractivity contribution in [1.29, 1.82) is 0 Å². The summed E-state index contributed by atoms with van der Waals surface area (Å²) in [6.45, 7) is 4.31. The summed E-state index contributed by atoms with van der Waals surface area (Å²) in [7, 11) is 0. The van der Waals surface area contributed by atoms with Gasteiger partial charge in [0.15, 0.2) is 0 Å². The van der Waals surface area contributed by atoms with Gasteiger partial charge in [-0.1, -0.05) is 32.8 Å². The summed E-state index contributed by atoms with van der Waals surface area (Å²) in [5.41, 5.74) is 2.54. The molecule has 2 fully saturated rings. The van der Waals surface area contributed by atoms with Crippen LogP contribution < -0.4 is 0 Å². The summed E-state index contributed by atoms with van der Waals surface area (Å²) in [5, 5.41) is 0. The van der Waals surface area contributed by atoms with Crippen molar-refractivity contribution in [3.63, 3.8) is 0 Å². The molecular formula is C24H30O4. The predicted molar refractivity (Wildman–Crippen MR) is 105 cm³/mol. The summed E-state index contributed by atoms with van der Waals surface area (Å²) in [5.74, 6) is 1.37. The van der Waals surface area contributed by atoms with Gasteiger partial charge in [0.25, 0.3) is 0 Å². The molecule has 4 aliphatic carbocycles. The van der Waals surface area contributed by atoms with Crippen molar-refractivity contribution in [3.8, 4) is 0 Å². The van der Waals surface area contributed by atoms with Crippen LogP contribution in [-0.2, 0) is 19.1 Å². The van der Waals surface area contributed by atoms with Crippen molar-refractivity contribution in [2.45, 2.75) is 77.7 Å². The number of allylic oxidation sites excluding steroid dienone is 3. The number of carbonyl (C=O) groups excluding carboxylic acids is 2. The lowest BCUT2D eigenvalue weighted by Crippen LogP contribution is -2.50. The van der Waals surface area contributed by atoms with Crippen molar-refractivity contribution in [3.05, 3.63) is 34.6 Å². The molecule has 2 unspecified atom stereocenters. The van der Waals surface area contributed by atoms with E-state index in [1.54, 1.807) is 0 Å². The first-order chi connectivity index (χ1) is 13.6. The number of esters is 2. The molecular weight excluding hydrogens is 352 g/mol. The van der Waals surface area contributed by atoms with Gasteiger partial charge in [-0.2, -0.15) is 0 Å². The lowest BCUT2D eigenvalue weighted by atomic mass is 9.46. The van der Waals surface area contributed by atoms with Crippen LogP contribution in [0.2, 0.25) is 0 Å². The fourth-order valence-corrected chi connectivity index (χ4v) is 6.63. The van der Waals surface area contributed by atoms with Crippen molar-refractivity contribution < 1.29 is 19.1 Å². The van der Waals surface area contributed by atoms with Gasteiger partial charge in [0.2, 0.25) is 0 Å². The molecule has 2 aliphatic heterocycles. The van der Waals surface area contributed by atoms with Crippen LogP contribution in [0.25, 0.3) is 0 Å². The van der Waals surface area contributed by atoms with Gasteiger partial charge < -0.3 is 9.47 Å². The summed E-state index contributed by atoms with van der Waals surface area (Å²) in [6.07, 6.45) is 13.3. The molecule has 0 aromatic heterocycles. The molecule has 4 heteroatoms. The SMILES string of the molecule is CCC/C=C1\OC(=O)C2=C[C@@H]3CC[C@]21C1C2=C(CCC13)[C@@H](CCCC)OC2=O. The highest BCUT2D eigenvalue weighted by atomic mass is 16.6. The van der Waals surface area contributed by atoms with Crippen LogP contribution in [0.1, 0.15) is 71.6 Å². The van der Waals surface area contributed by atoms with Crippen molar-refractivity contribution in [1.82, 2.24) is 0 Å². The second kappa shape index (κ2) is 6.60. The van der Waals surface area contributed by atoms with E-state index in [1.165, 1.54) is 5.57 Å². The van der Waals surface area contributed by atoms with Crippen LogP contribution in [0.4, 0.5) is 0 Å². The molecule has 6 rings (SSSR count). The van der Waals surface area contributed by atoms with E-state index in [0.717, 1.165) is 74.7 Å². The highest BCUT2D eigenvalue weighted by Gasteiger charge is 2.66. The number of cyclic esters (lactones) is 2. The van der Waals surface area contributed by atoms with E-state index in [-0.39, 0.29) is 24.0 Å². The Morgan fingerprint density at radius 3 is 2.82 bits per heavy atom. The van der Waals surface area contributed by atoms with Crippen molar-refractivity contribution >= 4 is 11.9 Å². The van der Waals surface area contributed by atoms with Gasteiger partial charge in [-0.15, -0.1) is 0 Å². The molecule has 2 bridgehead atoms. The number of rotatable bonds is 5. The Bertz CT molecular complexity index is 816. The monoisotopic (exact) mass is 382 g/mol. The molecule has 28 heavy (non-hydrogen) atoms. The average Bonchev–Trinajstić information content (AvgIpc) is 3.19. The minimum absolute atomic E-state index is 0.0474. The molecule has 0 radical (unpaired) electrons. The topological polar surface area (TPSA) is 52.6 Å². The molecule has 1 saturated heterocycles. The Balaban J connectivity index is 1.63. The lowest BCUT2D eigenvalue weighted by Gasteiger charge is -2.54. The van der Waals surface area contributed by atoms with Crippen molar-refractivity contribution in [2.75, 3.05) is 0 Å². The minimum Gasteiger partial charge on any atom is -0.454 e. The number of unbranched alkanes of at least 4 members (excludes halogenated alkanes) is 2. The number of carbonyl (C=O) groups is 2. The Labute approximate surface area is 167 Å². The largest absolute Gasteiger partial charge is 0.454 e. The number of hydrogen-bond donors (Lipinski definition) is 0. The lowest BCUT2D eigenvalue weighted by molar-refractivity contribution is -0.141. The second-order valence-corrected chi connectivity index (χ2v) is 9.16. The van der Waals surface area contributed by atoms with Crippen LogP contribution >= 0.6 is 0 Å². The summed E-state index contributed by atoms with van der Waals surface area (Å²) < 4.78 is 11.7. The Morgan fingerprint density at radius 1 is 1.18 bits per heavy atom. The normalized spacial score (nSPS) is 39.5. The molecule has 2 heterocycles. The maximum absolute atomic E-state index is 13.1. The third-order valence-electron chi connectivity index (χ3n) is 7.80.